The van der Waals surface area contributed by atoms with E-state index in [1.807, 2.05) is 0 Å². The molecule has 1 aliphatic heterocycles. The minimum Gasteiger partial charge on any atom is -0.507 e. The number of amides is 1. The number of ketones is 1. The normalized spacial score (nSPS) is 17.7. The molecule has 6 nitrogen and oxygen atoms in total. The van der Waals surface area contributed by atoms with Crippen molar-refractivity contribution in [2.75, 3.05) is 11.5 Å². The Morgan fingerprint density at radius 2 is 2.03 bits per heavy atom. The van der Waals surface area contributed by atoms with Crippen molar-refractivity contribution in [1.29, 1.82) is 0 Å². The molecular formula is C24H21FN2O4S. The van der Waals surface area contributed by atoms with Gasteiger partial charge in [0.1, 0.15) is 23.4 Å². The van der Waals surface area contributed by atoms with E-state index >= 15 is 0 Å². The third kappa shape index (κ3) is 4.01. The van der Waals surface area contributed by atoms with E-state index in [0.717, 1.165) is 29.1 Å². The SMILES string of the molecule is CCCCOc1cccc(/C(O)=C2\C(=O)C(=O)N(c3nccs3)C2c2ccccc2F)c1. The summed E-state index contributed by atoms with van der Waals surface area (Å²) < 4.78 is 20.5. The molecule has 4 rings (SSSR count). The highest BCUT2D eigenvalue weighted by Gasteiger charge is 2.48. The lowest BCUT2D eigenvalue weighted by Gasteiger charge is -2.23. The van der Waals surface area contributed by atoms with Crippen LogP contribution in [-0.2, 0) is 9.59 Å². The first-order valence-corrected chi connectivity index (χ1v) is 11.1. The van der Waals surface area contributed by atoms with Gasteiger partial charge in [-0.15, -0.1) is 11.3 Å². The van der Waals surface area contributed by atoms with Crippen LogP contribution in [0.3, 0.4) is 0 Å². The Morgan fingerprint density at radius 1 is 1.22 bits per heavy atom. The highest BCUT2D eigenvalue weighted by Crippen LogP contribution is 2.43. The quantitative estimate of drug-likeness (QED) is 0.234. The Balaban J connectivity index is 1.84. The molecule has 32 heavy (non-hydrogen) atoms. The lowest BCUT2D eigenvalue weighted by molar-refractivity contribution is -0.132. The average Bonchev–Trinajstić information content (AvgIpc) is 3.41. The molecule has 1 saturated heterocycles. The van der Waals surface area contributed by atoms with Crippen molar-refractivity contribution < 1.29 is 23.8 Å². The zero-order valence-corrected chi connectivity index (χ0v) is 18.1. The van der Waals surface area contributed by atoms with Gasteiger partial charge in [0.15, 0.2) is 5.13 Å². The summed E-state index contributed by atoms with van der Waals surface area (Å²) in [6.45, 7) is 2.57. The van der Waals surface area contributed by atoms with E-state index in [9.17, 15) is 19.1 Å². The Morgan fingerprint density at radius 3 is 2.75 bits per heavy atom. The van der Waals surface area contributed by atoms with Crippen molar-refractivity contribution in [2.24, 2.45) is 0 Å². The van der Waals surface area contributed by atoms with Crippen molar-refractivity contribution in [3.63, 3.8) is 0 Å². The summed E-state index contributed by atoms with van der Waals surface area (Å²) >= 11 is 1.15. The number of carbonyl (C=O) groups is 2. The Hall–Kier alpha value is -3.52. The fraction of sp³-hybridized carbons (Fsp3) is 0.208. The van der Waals surface area contributed by atoms with Crippen LogP contribution in [0.1, 0.15) is 36.9 Å². The summed E-state index contributed by atoms with van der Waals surface area (Å²) in [6, 6.07) is 11.4. The van der Waals surface area contributed by atoms with E-state index in [-0.39, 0.29) is 16.3 Å². The molecule has 1 unspecified atom stereocenters. The minimum absolute atomic E-state index is 0.0961. The molecule has 2 aromatic carbocycles. The van der Waals surface area contributed by atoms with Gasteiger partial charge in [0, 0.05) is 22.7 Å². The average molecular weight is 453 g/mol. The number of ether oxygens (including phenoxy) is 1. The minimum atomic E-state index is -1.15. The Kier molecular flexibility index (Phi) is 6.32. The zero-order valence-electron chi connectivity index (χ0n) is 17.3. The first-order valence-electron chi connectivity index (χ1n) is 10.2. The van der Waals surface area contributed by atoms with Gasteiger partial charge < -0.3 is 9.84 Å². The molecule has 164 valence electrons. The number of thiazole rings is 1. The number of hydrogen-bond acceptors (Lipinski definition) is 6. The maximum absolute atomic E-state index is 14.8. The van der Waals surface area contributed by atoms with Crippen LogP contribution in [0, 0.1) is 5.82 Å². The van der Waals surface area contributed by atoms with Gasteiger partial charge in [-0.2, -0.15) is 0 Å². The number of Topliss-reactive ketones (excluding diaryl/α,β-unsaturated/α-hetero) is 1. The summed E-state index contributed by atoms with van der Waals surface area (Å²) in [5.74, 6) is -2.23. The summed E-state index contributed by atoms with van der Waals surface area (Å²) in [4.78, 5) is 31.2. The number of benzene rings is 2. The molecule has 8 heteroatoms. The number of nitrogens with zero attached hydrogens (tertiary/aromatic N) is 2. The Labute approximate surface area is 188 Å². The molecule has 1 amide bonds. The van der Waals surface area contributed by atoms with E-state index in [0.29, 0.717) is 17.9 Å². The number of aliphatic hydroxyl groups excluding tert-OH is 1. The molecule has 0 aliphatic carbocycles. The summed E-state index contributed by atoms with van der Waals surface area (Å²) in [5, 5.41) is 13.0. The van der Waals surface area contributed by atoms with Crippen LogP contribution >= 0.6 is 11.3 Å². The van der Waals surface area contributed by atoms with Gasteiger partial charge in [0.25, 0.3) is 5.78 Å². The van der Waals surface area contributed by atoms with Gasteiger partial charge in [0.05, 0.1) is 12.2 Å². The van der Waals surface area contributed by atoms with Crippen LogP contribution in [0.4, 0.5) is 9.52 Å². The second-order valence-electron chi connectivity index (χ2n) is 7.24. The maximum atomic E-state index is 14.8. The Bertz CT molecular complexity index is 1180. The molecule has 0 radical (unpaired) electrons. The summed E-state index contributed by atoms with van der Waals surface area (Å²) in [6.07, 6.45) is 3.35. The monoisotopic (exact) mass is 452 g/mol. The number of aromatic nitrogens is 1. The zero-order chi connectivity index (χ0) is 22.7. The predicted octanol–water partition coefficient (Wildman–Crippen LogP) is 5.09. The second kappa shape index (κ2) is 9.32. The van der Waals surface area contributed by atoms with Crippen molar-refractivity contribution in [3.8, 4) is 5.75 Å². The van der Waals surface area contributed by atoms with E-state index in [1.165, 1.54) is 24.4 Å². The molecule has 1 fully saturated rings. The molecule has 0 bridgehead atoms. The number of unbranched alkanes of at least 4 members (excludes halogenated alkanes) is 1. The lowest BCUT2D eigenvalue weighted by atomic mass is 9.95. The smallest absolute Gasteiger partial charge is 0.301 e. The van der Waals surface area contributed by atoms with Gasteiger partial charge in [0.2, 0.25) is 0 Å². The molecule has 3 aromatic rings. The molecule has 0 spiro atoms. The van der Waals surface area contributed by atoms with Crippen LogP contribution in [0.2, 0.25) is 0 Å². The van der Waals surface area contributed by atoms with E-state index < -0.39 is 29.3 Å². The first kappa shape index (κ1) is 21.7. The topological polar surface area (TPSA) is 79.7 Å². The number of anilines is 1. The molecular weight excluding hydrogens is 431 g/mol. The lowest BCUT2D eigenvalue weighted by Crippen LogP contribution is -2.29. The van der Waals surface area contributed by atoms with Crippen LogP contribution in [0.5, 0.6) is 5.75 Å². The van der Waals surface area contributed by atoms with Crippen LogP contribution in [0.25, 0.3) is 5.76 Å². The van der Waals surface area contributed by atoms with Crippen LogP contribution in [-0.4, -0.2) is 28.4 Å². The van der Waals surface area contributed by atoms with Crippen LogP contribution in [0.15, 0.2) is 65.7 Å². The summed E-state index contributed by atoms with van der Waals surface area (Å²) in [5.41, 5.74) is 0.206. The molecule has 1 N–H and O–H groups in total. The highest BCUT2D eigenvalue weighted by molar-refractivity contribution is 7.14. The predicted molar refractivity (Wildman–Crippen MR) is 120 cm³/mol. The first-order chi connectivity index (χ1) is 15.5. The molecule has 1 atom stereocenters. The van der Waals surface area contributed by atoms with E-state index in [2.05, 4.69) is 11.9 Å². The van der Waals surface area contributed by atoms with Gasteiger partial charge in [-0.05, 0) is 24.6 Å². The third-order valence-corrected chi connectivity index (χ3v) is 5.91. The van der Waals surface area contributed by atoms with Crippen molar-refractivity contribution in [2.45, 2.75) is 25.8 Å². The molecule has 1 aromatic heterocycles. The molecule has 2 heterocycles. The largest absolute Gasteiger partial charge is 0.507 e. The van der Waals surface area contributed by atoms with E-state index in [4.69, 9.17) is 4.74 Å². The number of rotatable bonds is 7. The molecule has 1 aliphatic rings. The van der Waals surface area contributed by atoms with Crippen LogP contribution < -0.4 is 9.64 Å². The number of aliphatic hydroxyl groups is 1. The van der Waals surface area contributed by atoms with Gasteiger partial charge in [-0.3, -0.25) is 14.5 Å². The van der Waals surface area contributed by atoms with Gasteiger partial charge in [-0.25, -0.2) is 9.37 Å². The standard InChI is InChI=1S/C24H21FN2O4S/c1-2-3-12-31-16-8-6-7-15(14-16)21(28)19-20(17-9-4-5-10-18(17)25)27(23(30)22(19)29)24-26-11-13-32-24/h4-11,13-14,20,28H,2-3,12H2,1H3/b21-19+. The van der Waals surface area contributed by atoms with Crippen molar-refractivity contribution in [1.82, 2.24) is 4.98 Å². The van der Waals surface area contributed by atoms with Crippen molar-refractivity contribution in [3.05, 3.63) is 82.6 Å². The number of halogens is 1. The van der Waals surface area contributed by atoms with E-state index in [1.54, 1.807) is 35.7 Å². The van der Waals surface area contributed by atoms with Crippen molar-refractivity contribution >= 4 is 33.9 Å². The maximum Gasteiger partial charge on any atom is 0.301 e. The fourth-order valence-corrected chi connectivity index (χ4v) is 4.25. The molecule has 0 saturated carbocycles. The summed E-state index contributed by atoms with van der Waals surface area (Å²) in [7, 11) is 0. The second-order valence-corrected chi connectivity index (χ2v) is 8.11. The number of carbonyl (C=O) groups excluding carboxylic acids is 2. The van der Waals surface area contributed by atoms with Gasteiger partial charge >= 0.3 is 5.91 Å². The highest BCUT2D eigenvalue weighted by atomic mass is 32.1. The number of hydrogen-bond donors (Lipinski definition) is 1. The van der Waals surface area contributed by atoms with Gasteiger partial charge in [-0.1, -0.05) is 43.7 Å². The fourth-order valence-electron chi connectivity index (χ4n) is 3.58. The third-order valence-electron chi connectivity index (χ3n) is 5.14.